The molecular weight excluding hydrogens is 315 g/mol. The molecule has 1 aliphatic rings. The molecule has 10 heteroatoms. The maximum absolute atomic E-state index is 12.9. The Morgan fingerprint density at radius 1 is 1.45 bits per heavy atom. The molecule has 20 heavy (non-hydrogen) atoms. The smallest absolute Gasteiger partial charge is 0.305 e. The first-order valence-corrected chi connectivity index (χ1v) is 7.21. The molecule has 1 heterocycles. The summed E-state index contributed by atoms with van der Waals surface area (Å²) in [6, 6.07) is 3.91. The van der Waals surface area contributed by atoms with Crippen molar-refractivity contribution in [1.29, 1.82) is 0 Å². The Morgan fingerprint density at radius 3 is 2.60 bits per heavy atom. The number of rotatable bonds is 3. The predicted molar refractivity (Wildman–Crippen MR) is 68.9 cm³/mol. The Kier molecular flexibility index (Phi) is 3.65. The Labute approximate surface area is 118 Å². The van der Waals surface area contributed by atoms with Gasteiger partial charge in [-0.1, -0.05) is 17.7 Å². The molecule has 0 bridgehead atoms. The van der Waals surface area contributed by atoms with Crippen LogP contribution in [0, 0.1) is 10.1 Å². The standard InChI is InChI=1S/C10H8ClFN2O5S/c11-7-2-1-3-8(10(7)14(16)17)13-5-6(4-9(13)15)20(12,18)19/h1-3,6H,4-5H2. The van der Waals surface area contributed by atoms with Crippen LogP contribution >= 0.6 is 11.6 Å². The summed E-state index contributed by atoms with van der Waals surface area (Å²) < 4.78 is 34.6. The van der Waals surface area contributed by atoms with Crippen LogP contribution in [0.15, 0.2) is 18.2 Å². The molecule has 0 N–H and O–H groups in total. The van der Waals surface area contributed by atoms with Gasteiger partial charge in [-0.15, -0.1) is 3.89 Å². The van der Waals surface area contributed by atoms with E-state index in [0.29, 0.717) is 0 Å². The number of benzene rings is 1. The number of halogens is 2. The van der Waals surface area contributed by atoms with Gasteiger partial charge in [0.1, 0.15) is 16.0 Å². The molecule has 0 radical (unpaired) electrons. The van der Waals surface area contributed by atoms with Crippen LogP contribution in [0.5, 0.6) is 0 Å². The number of para-hydroxylation sites is 1. The van der Waals surface area contributed by atoms with E-state index < -0.39 is 45.0 Å². The maximum atomic E-state index is 12.9. The van der Waals surface area contributed by atoms with Crippen molar-refractivity contribution in [1.82, 2.24) is 0 Å². The fourth-order valence-corrected chi connectivity index (χ4v) is 2.91. The molecule has 1 atom stereocenters. The Morgan fingerprint density at radius 2 is 2.10 bits per heavy atom. The van der Waals surface area contributed by atoms with Crippen LogP contribution in [0.1, 0.15) is 6.42 Å². The van der Waals surface area contributed by atoms with Crippen molar-refractivity contribution >= 4 is 39.1 Å². The molecule has 0 spiro atoms. The maximum Gasteiger partial charge on any atom is 0.311 e. The number of nitro groups is 1. The van der Waals surface area contributed by atoms with Crippen LogP contribution in [0.3, 0.4) is 0 Å². The van der Waals surface area contributed by atoms with Crippen LogP contribution in [-0.2, 0) is 15.0 Å². The van der Waals surface area contributed by atoms with Crippen LogP contribution < -0.4 is 4.90 Å². The second kappa shape index (κ2) is 4.98. The zero-order valence-corrected chi connectivity index (χ0v) is 11.4. The van der Waals surface area contributed by atoms with E-state index in [1.165, 1.54) is 18.2 Å². The van der Waals surface area contributed by atoms with Gasteiger partial charge in [-0.25, -0.2) is 0 Å². The average molecular weight is 323 g/mol. The first-order valence-electron chi connectivity index (χ1n) is 5.38. The lowest BCUT2D eigenvalue weighted by Crippen LogP contribution is -2.27. The molecule has 0 aliphatic carbocycles. The van der Waals surface area contributed by atoms with Gasteiger partial charge in [-0.2, -0.15) is 8.42 Å². The van der Waals surface area contributed by atoms with Crippen molar-refractivity contribution in [2.24, 2.45) is 0 Å². The number of carbonyl (C=O) groups is 1. The van der Waals surface area contributed by atoms with Crippen LogP contribution in [-0.4, -0.2) is 31.0 Å². The fourth-order valence-electron chi connectivity index (χ4n) is 2.00. The zero-order valence-electron chi connectivity index (χ0n) is 9.82. The van der Waals surface area contributed by atoms with Gasteiger partial charge in [-0.05, 0) is 12.1 Å². The highest BCUT2D eigenvalue weighted by atomic mass is 35.5. The van der Waals surface area contributed by atoms with Crippen LogP contribution in [0.2, 0.25) is 5.02 Å². The van der Waals surface area contributed by atoms with Crippen molar-refractivity contribution < 1.29 is 22.0 Å². The first-order chi connectivity index (χ1) is 9.21. The highest BCUT2D eigenvalue weighted by Gasteiger charge is 2.41. The molecule has 108 valence electrons. The third kappa shape index (κ3) is 2.59. The van der Waals surface area contributed by atoms with E-state index in [-0.39, 0.29) is 10.7 Å². The summed E-state index contributed by atoms with van der Waals surface area (Å²) in [4.78, 5) is 22.8. The predicted octanol–water partition coefficient (Wildman–Crippen LogP) is 1.65. The van der Waals surface area contributed by atoms with Crippen molar-refractivity contribution in [2.45, 2.75) is 11.7 Å². The van der Waals surface area contributed by atoms with Crippen molar-refractivity contribution in [3.8, 4) is 0 Å². The molecule has 1 fully saturated rings. The van der Waals surface area contributed by atoms with Crippen molar-refractivity contribution in [3.05, 3.63) is 33.3 Å². The van der Waals surface area contributed by atoms with E-state index in [1.54, 1.807) is 0 Å². The highest BCUT2D eigenvalue weighted by molar-refractivity contribution is 7.87. The molecule has 2 rings (SSSR count). The molecule has 0 saturated carbocycles. The summed E-state index contributed by atoms with van der Waals surface area (Å²) in [6.07, 6.45) is -0.553. The van der Waals surface area contributed by atoms with Crippen molar-refractivity contribution in [3.63, 3.8) is 0 Å². The molecule has 1 saturated heterocycles. The lowest BCUT2D eigenvalue weighted by atomic mass is 10.2. The topological polar surface area (TPSA) is 97.6 Å². The molecule has 0 aromatic heterocycles. The number of hydrogen-bond donors (Lipinski definition) is 0. The number of amides is 1. The quantitative estimate of drug-likeness (QED) is 0.479. The third-order valence-electron chi connectivity index (χ3n) is 2.93. The van der Waals surface area contributed by atoms with E-state index in [4.69, 9.17) is 11.6 Å². The molecule has 1 amide bonds. The van der Waals surface area contributed by atoms with Crippen molar-refractivity contribution in [2.75, 3.05) is 11.4 Å². The molecule has 1 aromatic carbocycles. The lowest BCUT2D eigenvalue weighted by molar-refractivity contribution is -0.383. The molecule has 1 aromatic rings. The first kappa shape index (κ1) is 14.7. The molecule has 7 nitrogen and oxygen atoms in total. The van der Waals surface area contributed by atoms with Gasteiger partial charge in [-0.3, -0.25) is 14.9 Å². The van der Waals surface area contributed by atoms with E-state index in [0.717, 1.165) is 4.90 Å². The number of carbonyl (C=O) groups excluding carboxylic acids is 1. The number of hydrogen-bond acceptors (Lipinski definition) is 5. The second-order valence-electron chi connectivity index (χ2n) is 4.17. The van der Waals surface area contributed by atoms with E-state index in [1.807, 2.05) is 0 Å². The number of nitrogens with zero attached hydrogens (tertiary/aromatic N) is 2. The minimum Gasteiger partial charge on any atom is -0.305 e. The van der Waals surface area contributed by atoms with Gasteiger partial charge in [0.15, 0.2) is 0 Å². The van der Waals surface area contributed by atoms with E-state index >= 15 is 0 Å². The summed E-state index contributed by atoms with van der Waals surface area (Å²) >= 11 is 5.70. The largest absolute Gasteiger partial charge is 0.311 e. The zero-order chi connectivity index (χ0) is 15.1. The summed E-state index contributed by atoms with van der Waals surface area (Å²) in [5.41, 5.74) is -0.655. The normalized spacial score (nSPS) is 19.4. The Hall–Kier alpha value is -1.74. The Balaban J connectivity index is 2.46. The van der Waals surface area contributed by atoms with Crippen LogP contribution in [0.25, 0.3) is 0 Å². The molecule has 1 aliphatic heterocycles. The second-order valence-corrected chi connectivity index (χ2v) is 6.20. The van der Waals surface area contributed by atoms with Gasteiger partial charge < -0.3 is 4.90 Å². The highest BCUT2D eigenvalue weighted by Crippen LogP contribution is 2.37. The average Bonchev–Trinajstić information content (AvgIpc) is 2.70. The third-order valence-corrected chi connectivity index (χ3v) is 4.34. The summed E-state index contributed by atoms with van der Waals surface area (Å²) in [6.45, 7) is -0.473. The Bertz CT molecular complexity index is 693. The SMILES string of the molecule is O=C1CC(S(=O)(=O)F)CN1c1cccc(Cl)c1[N+](=O)[O-]. The summed E-state index contributed by atoms with van der Waals surface area (Å²) in [5.74, 6) is -0.707. The summed E-state index contributed by atoms with van der Waals surface area (Å²) in [7, 11) is -4.88. The lowest BCUT2D eigenvalue weighted by Gasteiger charge is -2.16. The molecule has 1 unspecified atom stereocenters. The van der Waals surface area contributed by atoms with E-state index in [2.05, 4.69) is 0 Å². The fraction of sp³-hybridized carbons (Fsp3) is 0.300. The summed E-state index contributed by atoms with van der Waals surface area (Å²) in [5, 5.41) is 9.27. The van der Waals surface area contributed by atoms with Gasteiger partial charge in [0.25, 0.3) is 0 Å². The number of anilines is 1. The van der Waals surface area contributed by atoms with E-state index in [9.17, 15) is 27.2 Å². The number of nitro benzene ring substituents is 1. The monoisotopic (exact) mass is 322 g/mol. The van der Waals surface area contributed by atoms with Gasteiger partial charge in [0, 0.05) is 13.0 Å². The van der Waals surface area contributed by atoms with Gasteiger partial charge in [0.05, 0.1) is 4.92 Å². The molecular formula is C10H8ClFN2O5S. The van der Waals surface area contributed by atoms with Gasteiger partial charge in [0.2, 0.25) is 5.91 Å². The van der Waals surface area contributed by atoms with Crippen LogP contribution in [0.4, 0.5) is 15.3 Å². The minimum absolute atomic E-state index is 0.140. The van der Waals surface area contributed by atoms with Gasteiger partial charge >= 0.3 is 15.9 Å². The minimum atomic E-state index is -4.88.